The van der Waals surface area contributed by atoms with Gasteiger partial charge in [-0.25, -0.2) is 0 Å². The minimum absolute atomic E-state index is 0.131. The molecule has 0 bridgehead atoms. The molecule has 80 valence electrons. The molecule has 0 aromatic heterocycles. The molecule has 1 fully saturated rings. The van der Waals surface area contributed by atoms with Gasteiger partial charge in [0.05, 0.1) is 7.11 Å². The van der Waals surface area contributed by atoms with Crippen LogP contribution in [0.2, 0.25) is 0 Å². The number of Topliss-reactive ketones (excluding diaryl/α,β-unsaturated/α-hetero) is 1. The van der Waals surface area contributed by atoms with Gasteiger partial charge in [0.2, 0.25) is 0 Å². The maximum Gasteiger partial charge on any atom is 0.319 e. The lowest BCUT2D eigenvalue weighted by Crippen LogP contribution is -2.40. The number of ether oxygens (including phenoxy) is 1. The van der Waals surface area contributed by atoms with E-state index >= 15 is 0 Å². The summed E-state index contributed by atoms with van der Waals surface area (Å²) in [6.07, 6.45) is 1.88. The van der Waals surface area contributed by atoms with Gasteiger partial charge in [-0.1, -0.05) is 20.3 Å². The normalized spacial score (nSPS) is 38.2. The Morgan fingerprint density at radius 1 is 1.79 bits per heavy atom. The molecule has 0 spiro atoms. The summed E-state index contributed by atoms with van der Waals surface area (Å²) in [4.78, 5) is 23.7. The Balaban J connectivity index is 3.18. The summed E-state index contributed by atoms with van der Waals surface area (Å²) in [7, 11) is 1.28. The van der Waals surface area contributed by atoms with Crippen molar-refractivity contribution in [1.82, 2.24) is 0 Å². The smallest absolute Gasteiger partial charge is 0.319 e. The highest BCUT2D eigenvalue weighted by atomic mass is 16.5. The predicted octanol–water partition coefficient (Wildman–Crippen LogP) is 1.94. The van der Waals surface area contributed by atoms with Gasteiger partial charge in [-0.15, -0.1) is 0 Å². The molecule has 1 saturated carbocycles. The van der Waals surface area contributed by atoms with Crippen LogP contribution in [0.25, 0.3) is 0 Å². The SMILES string of the molecule is [2H][C@@]1(C)CCC(=O)[C@]1(CCC)C(=O)OC. The number of carbonyl (C=O) groups is 2. The average molecular weight is 199 g/mol. The van der Waals surface area contributed by atoms with Gasteiger partial charge >= 0.3 is 5.97 Å². The molecule has 0 radical (unpaired) electrons. The molecule has 1 rings (SSSR count). The molecule has 0 aliphatic heterocycles. The van der Waals surface area contributed by atoms with Crippen molar-refractivity contribution >= 4 is 11.8 Å². The highest BCUT2D eigenvalue weighted by Gasteiger charge is 2.53. The number of rotatable bonds is 3. The van der Waals surface area contributed by atoms with E-state index in [0.717, 1.165) is 0 Å². The van der Waals surface area contributed by atoms with E-state index < -0.39 is 17.3 Å². The fraction of sp³-hybridized carbons (Fsp3) is 0.818. The summed E-state index contributed by atoms with van der Waals surface area (Å²) >= 11 is 0. The van der Waals surface area contributed by atoms with Crippen molar-refractivity contribution in [2.45, 2.75) is 39.5 Å². The van der Waals surface area contributed by atoms with Crippen LogP contribution in [-0.4, -0.2) is 18.9 Å². The van der Waals surface area contributed by atoms with Gasteiger partial charge in [-0.05, 0) is 18.7 Å². The Bertz CT molecular complexity index is 286. The van der Waals surface area contributed by atoms with Gasteiger partial charge in [0, 0.05) is 7.79 Å². The van der Waals surface area contributed by atoms with Crippen molar-refractivity contribution in [3.63, 3.8) is 0 Å². The second-order valence-corrected chi connectivity index (χ2v) is 3.85. The molecule has 1 aliphatic rings. The Morgan fingerprint density at radius 2 is 2.43 bits per heavy atom. The third kappa shape index (κ3) is 1.45. The van der Waals surface area contributed by atoms with Crippen LogP contribution in [0.4, 0.5) is 0 Å². The molecule has 0 aromatic carbocycles. The lowest BCUT2D eigenvalue weighted by atomic mass is 9.74. The number of methoxy groups -OCH3 is 1. The van der Waals surface area contributed by atoms with Crippen LogP contribution in [0.3, 0.4) is 0 Å². The molecule has 3 heteroatoms. The summed E-state index contributed by atoms with van der Waals surface area (Å²) in [6.45, 7) is 3.57. The number of hydrogen-bond donors (Lipinski definition) is 0. The van der Waals surface area contributed by atoms with Crippen molar-refractivity contribution in [3.8, 4) is 0 Å². The van der Waals surface area contributed by atoms with Crippen LogP contribution in [0.5, 0.6) is 0 Å². The molecule has 1 aliphatic carbocycles. The number of hydrogen-bond acceptors (Lipinski definition) is 3. The van der Waals surface area contributed by atoms with Crippen molar-refractivity contribution in [1.29, 1.82) is 0 Å². The quantitative estimate of drug-likeness (QED) is 0.515. The van der Waals surface area contributed by atoms with E-state index in [1.165, 1.54) is 7.11 Å². The first-order valence-corrected chi connectivity index (χ1v) is 5.04. The van der Waals surface area contributed by atoms with Gasteiger partial charge in [0.15, 0.2) is 0 Å². The molecule has 0 N–H and O–H groups in total. The molecule has 0 heterocycles. The van der Waals surface area contributed by atoms with Crippen LogP contribution >= 0.6 is 0 Å². The molecule has 0 saturated heterocycles. The van der Waals surface area contributed by atoms with E-state index in [-0.39, 0.29) is 5.78 Å². The fourth-order valence-electron chi connectivity index (χ4n) is 2.26. The summed E-state index contributed by atoms with van der Waals surface area (Å²) in [5.41, 5.74) is -1.23. The Hall–Kier alpha value is -0.860. The summed E-state index contributed by atoms with van der Waals surface area (Å²) < 4.78 is 12.9. The zero-order chi connectivity index (χ0) is 11.7. The van der Waals surface area contributed by atoms with E-state index in [1.54, 1.807) is 6.92 Å². The Kier molecular flexibility index (Phi) is 2.85. The lowest BCUT2D eigenvalue weighted by Gasteiger charge is -2.28. The van der Waals surface area contributed by atoms with Crippen LogP contribution < -0.4 is 0 Å². The third-order valence-electron chi connectivity index (χ3n) is 3.09. The van der Waals surface area contributed by atoms with E-state index in [9.17, 15) is 9.59 Å². The van der Waals surface area contributed by atoms with Crippen LogP contribution in [0.1, 0.15) is 40.9 Å². The van der Waals surface area contributed by atoms with Crippen LogP contribution in [0, 0.1) is 11.3 Å². The van der Waals surface area contributed by atoms with E-state index in [2.05, 4.69) is 0 Å². The largest absolute Gasteiger partial charge is 0.468 e. The zero-order valence-corrected chi connectivity index (χ0v) is 9.05. The number of carbonyl (C=O) groups excluding carboxylic acids is 2. The maximum absolute atomic E-state index is 11.9. The first-order chi connectivity index (χ1) is 6.92. The summed E-state index contributed by atoms with van der Waals surface area (Å²) in [5, 5.41) is 0. The molecule has 0 unspecified atom stereocenters. The molecule has 14 heavy (non-hydrogen) atoms. The van der Waals surface area contributed by atoms with Gasteiger partial charge < -0.3 is 4.74 Å². The van der Waals surface area contributed by atoms with Gasteiger partial charge in [-0.3, -0.25) is 9.59 Å². The van der Waals surface area contributed by atoms with Gasteiger partial charge in [0.1, 0.15) is 11.2 Å². The minimum atomic E-state index is -1.23. The standard InChI is InChI=1S/C11H18O3/c1-4-7-11(10(13)14-3)8(2)5-6-9(11)12/h8H,4-7H2,1-3H3/t8-,11-/m1/s1/i8D. The van der Waals surface area contributed by atoms with E-state index in [1.807, 2.05) is 6.92 Å². The van der Waals surface area contributed by atoms with E-state index in [0.29, 0.717) is 25.7 Å². The van der Waals surface area contributed by atoms with Crippen molar-refractivity contribution < 1.29 is 15.7 Å². The second-order valence-electron chi connectivity index (χ2n) is 3.85. The first kappa shape index (κ1) is 9.69. The fourth-order valence-corrected chi connectivity index (χ4v) is 2.26. The lowest BCUT2D eigenvalue weighted by molar-refractivity contribution is -0.159. The molecular formula is C11H18O3. The van der Waals surface area contributed by atoms with Gasteiger partial charge in [-0.2, -0.15) is 0 Å². The number of esters is 1. The van der Waals surface area contributed by atoms with E-state index in [4.69, 9.17) is 6.11 Å². The molecular weight excluding hydrogens is 180 g/mol. The highest BCUT2D eigenvalue weighted by molar-refractivity contribution is 6.05. The highest BCUT2D eigenvalue weighted by Crippen LogP contribution is 2.44. The molecule has 3 nitrogen and oxygen atoms in total. The predicted molar refractivity (Wildman–Crippen MR) is 52.8 cm³/mol. The molecule has 0 amide bonds. The summed E-state index contributed by atoms with van der Waals surface area (Å²) in [6, 6.07) is 0. The van der Waals surface area contributed by atoms with Crippen molar-refractivity contribution in [2.24, 2.45) is 11.3 Å². The second kappa shape index (κ2) is 4.11. The molecule has 2 atom stereocenters. The topological polar surface area (TPSA) is 43.4 Å². The number of ketones is 1. The molecule has 0 aromatic rings. The third-order valence-corrected chi connectivity index (χ3v) is 3.09. The van der Waals surface area contributed by atoms with Crippen LogP contribution in [0.15, 0.2) is 0 Å². The van der Waals surface area contributed by atoms with Crippen LogP contribution in [-0.2, 0) is 14.3 Å². The Morgan fingerprint density at radius 3 is 2.79 bits per heavy atom. The maximum atomic E-state index is 11.9. The average Bonchev–Trinajstić information content (AvgIpc) is 2.41. The van der Waals surface area contributed by atoms with Crippen molar-refractivity contribution in [3.05, 3.63) is 0 Å². The Labute approximate surface area is 86.2 Å². The first-order valence-electron chi connectivity index (χ1n) is 5.54. The van der Waals surface area contributed by atoms with Gasteiger partial charge in [0.25, 0.3) is 0 Å². The summed E-state index contributed by atoms with van der Waals surface area (Å²) in [5.74, 6) is -1.69. The zero-order valence-electron chi connectivity index (χ0n) is 10.1. The monoisotopic (exact) mass is 199 g/mol. The minimum Gasteiger partial charge on any atom is -0.468 e. The van der Waals surface area contributed by atoms with Crippen molar-refractivity contribution in [2.75, 3.05) is 7.11 Å².